The van der Waals surface area contributed by atoms with Crippen molar-refractivity contribution in [2.45, 2.75) is 25.8 Å². The summed E-state index contributed by atoms with van der Waals surface area (Å²) in [5, 5.41) is 2.90. The molecule has 1 saturated heterocycles. The zero-order valence-corrected chi connectivity index (χ0v) is 12.8. The van der Waals surface area contributed by atoms with Gasteiger partial charge in [-0.3, -0.25) is 9.59 Å². The van der Waals surface area contributed by atoms with Crippen LogP contribution in [0.25, 0.3) is 0 Å². The Kier molecular flexibility index (Phi) is 5.37. The van der Waals surface area contributed by atoms with E-state index in [2.05, 4.69) is 17.2 Å². The third-order valence-electron chi connectivity index (χ3n) is 3.32. The molecule has 2 amide bonds. The monoisotopic (exact) mass is 305 g/mol. The Balaban J connectivity index is 1.92. The van der Waals surface area contributed by atoms with Gasteiger partial charge in [-0.15, -0.1) is 11.3 Å². The fraction of sp³-hybridized carbons (Fsp3) is 0.467. The normalized spacial score (nSPS) is 15.2. The minimum atomic E-state index is -0.0128. The summed E-state index contributed by atoms with van der Waals surface area (Å²) in [5.41, 5.74) is 5.33. The van der Waals surface area contributed by atoms with Gasteiger partial charge in [-0.25, -0.2) is 0 Å². The standard InChI is InChI=1S/C15H19N3O2S/c1-11(19)17-12-6-9-18(10-7-12)15(20)14-5-4-13(21-14)3-2-8-16/h4-5,12H,6-10,16H2,1H3,(H,17,19). The molecule has 1 aromatic heterocycles. The van der Waals surface area contributed by atoms with Crippen LogP contribution in [0.15, 0.2) is 12.1 Å². The van der Waals surface area contributed by atoms with Crippen LogP contribution in [-0.2, 0) is 4.79 Å². The Morgan fingerprint density at radius 2 is 2.14 bits per heavy atom. The summed E-state index contributed by atoms with van der Waals surface area (Å²) in [6, 6.07) is 3.85. The largest absolute Gasteiger partial charge is 0.353 e. The van der Waals surface area contributed by atoms with E-state index in [0.717, 1.165) is 17.7 Å². The number of carbonyl (C=O) groups excluding carboxylic acids is 2. The van der Waals surface area contributed by atoms with Crippen LogP contribution in [0.2, 0.25) is 0 Å². The molecule has 1 aliphatic heterocycles. The van der Waals surface area contributed by atoms with Crippen LogP contribution < -0.4 is 11.1 Å². The number of piperidine rings is 1. The summed E-state index contributed by atoms with van der Waals surface area (Å²) in [6.07, 6.45) is 1.60. The molecule has 0 spiro atoms. The molecule has 0 unspecified atom stereocenters. The molecule has 1 fully saturated rings. The fourth-order valence-electron chi connectivity index (χ4n) is 2.33. The lowest BCUT2D eigenvalue weighted by Gasteiger charge is -2.31. The SMILES string of the molecule is CC(=O)NC1CCN(C(=O)c2ccc(C#CCN)s2)CC1. The Labute approximate surface area is 128 Å². The predicted molar refractivity (Wildman–Crippen MR) is 83.0 cm³/mol. The zero-order valence-electron chi connectivity index (χ0n) is 12.0. The molecule has 6 heteroatoms. The number of nitrogens with zero attached hydrogens (tertiary/aromatic N) is 1. The minimum absolute atomic E-state index is 0.0128. The molecule has 2 rings (SSSR count). The molecule has 0 aromatic carbocycles. The summed E-state index contributed by atoms with van der Waals surface area (Å²) < 4.78 is 0. The van der Waals surface area contributed by atoms with Gasteiger partial charge >= 0.3 is 0 Å². The first-order valence-electron chi connectivity index (χ1n) is 6.95. The molecule has 1 aromatic rings. The average molecular weight is 305 g/mol. The Morgan fingerprint density at radius 1 is 1.43 bits per heavy atom. The average Bonchev–Trinajstić information content (AvgIpc) is 2.93. The molecule has 5 nitrogen and oxygen atoms in total. The fourth-order valence-corrected chi connectivity index (χ4v) is 3.18. The van der Waals surface area contributed by atoms with Gasteiger partial charge in [-0.1, -0.05) is 11.8 Å². The van der Waals surface area contributed by atoms with Crippen molar-refractivity contribution in [3.63, 3.8) is 0 Å². The Bertz CT molecular complexity index is 577. The van der Waals surface area contributed by atoms with Crippen LogP contribution in [0.5, 0.6) is 0 Å². The van der Waals surface area contributed by atoms with E-state index in [0.29, 0.717) is 24.5 Å². The molecule has 1 aliphatic rings. The van der Waals surface area contributed by atoms with E-state index in [1.54, 1.807) is 0 Å². The smallest absolute Gasteiger partial charge is 0.263 e. The van der Waals surface area contributed by atoms with Crippen LogP contribution in [-0.4, -0.2) is 42.4 Å². The van der Waals surface area contributed by atoms with E-state index in [-0.39, 0.29) is 17.9 Å². The molecule has 0 aliphatic carbocycles. The number of nitrogens with one attached hydrogen (secondary N) is 1. The quantitative estimate of drug-likeness (QED) is 0.794. The van der Waals surface area contributed by atoms with Crippen LogP contribution in [0, 0.1) is 11.8 Å². The first kappa shape index (κ1) is 15.5. The number of carbonyl (C=O) groups is 2. The van der Waals surface area contributed by atoms with E-state index in [1.165, 1.54) is 18.3 Å². The summed E-state index contributed by atoms with van der Waals surface area (Å²) >= 11 is 1.40. The van der Waals surface area contributed by atoms with Gasteiger partial charge in [0.1, 0.15) is 0 Å². The number of nitrogens with two attached hydrogens (primary N) is 1. The Morgan fingerprint density at radius 3 is 2.76 bits per heavy atom. The molecule has 3 N–H and O–H groups in total. The van der Waals surface area contributed by atoms with E-state index >= 15 is 0 Å². The second kappa shape index (κ2) is 7.25. The molecule has 0 atom stereocenters. The molecule has 21 heavy (non-hydrogen) atoms. The van der Waals surface area contributed by atoms with Gasteiger partial charge in [-0.2, -0.15) is 0 Å². The van der Waals surface area contributed by atoms with Crippen molar-refractivity contribution in [3.8, 4) is 11.8 Å². The third kappa shape index (κ3) is 4.31. The predicted octanol–water partition coefficient (Wildman–Crippen LogP) is 0.799. The minimum Gasteiger partial charge on any atom is -0.353 e. The number of likely N-dealkylation sites (tertiary alicyclic amines) is 1. The van der Waals surface area contributed by atoms with Gasteiger partial charge in [0, 0.05) is 26.1 Å². The van der Waals surface area contributed by atoms with Crippen LogP contribution in [0.3, 0.4) is 0 Å². The maximum atomic E-state index is 12.4. The molecule has 2 heterocycles. The van der Waals surface area contributed by atoms with Crippen molar-refractivity contribution in [2.24, 2.45) is 5.73 Å². The summed E-state index contributed by atoms with van der Waals surface area (Å²) in [5.74, 6) is 5.75. The summed E-state index contributed by atoms with van der Waals surface area (Å²) in [4.78, 5) is 26.8. The van der Waals surface area contributed by atoms with Crippen molar-refractivity contribution < 1.29 is 9.59 Å². The molecular formula is C15H19N3O2S. The van der Waals surface area contributed by atoms with Crippen molar-refractivity contribution >= 4 is 23.2 Å². The van der Waals surface area contributed by atoms with Crippen molar-refractivity contribution in [2.75, 3.05) is 19.6 Å². The van der Waals surface area contributed by atoms with Crippen LogP contribution >= 0.6 is 11.3 Å². The highest BCUT2D eigenvalue weighted by molar-refractivity contribution is 7.14. The van der Waals surface area contributed by atoms with Crippen LogP contribution in [0.4, 0.5) is 0 Å². The lowest BCUT2D eigenvalue weighted by molar-refractivity contribution is -0.119. The number of amides is 2. The van der Waals surface area contributed by atoms with Gasteiger partial charge in [0.15, 0.2) is 0 Å². The van der Waals surface area contributed by atoms with Gasteiger partial charge in [-0.05, 0) is 25.0 Å². The molecule has 112 valence electrons. The highest BCUT2D eigenvalue weighted by atomic mass is 32.1. The van der Waals surface area contributed by atoms with E-state index in [4.69, 9.17) is 5.73 Å². The first-order valence-corrected chi connectivity index (χ1v) is 7.77. The van der Waals surface area contributed by atoms with Gasteiger partial charge in [0.05, 0.1) is 16.3 Å². The van der Waals surface area contributed by atoms with Crippen molar-refractivity contribution in [1.82, 2.24) is 10.2 Å². The third-order valence-corrected chi connectivity index (χ3v) is 4.31. The topological polar surface area (TPSA) is 75.4 Å². The molecule has 0 radical (unpaired) electrons. The molecular weight excluding hydrogens is 286 g/mol. The van der Waals surface area contributed by atoms with E-state index < -0.39 is 0 Å². The number of hydrogen-bond donors (Lipinski definition) is 2. The molecule has 0 bridgehead atoms. The summed E-state index contributed by atoms with van der Waals surface area (Å²) in [6.45, 7) is 3.18. The maximum Gasteiger partial charge on any atom is 0.263 e. The second-order valence-electron chi connectivity index (χ2n) is 4.94. The Hall–Kier alpha value is -1.84. The lowest BCUT2D eigenvalue weighted by atomic mass is 10.0. The maximum absolute atomic E-state index is 12.4. The van der Waals surface area contributed by atoms with Gasteiger partial charge < -0.3 is 16.0 Å². The van der Waals surface area contributed by atoms with Gasteiger partial charge in [0.25, 0.3) is 5.91 Å². The number of thiophene rings is 1. The first-order chi connectivity index (χ1) is 10.1. The number of hydrogen-bond acceptors (Lipinski definition) is 4. The van der Waals surface area contributed by atoms with E-state index in [1.807, 2.05) is 17.0 Å². The van der Waals surface area contributed by atoms with Crippen molar-refractivity contribution in [1.29, 1.82) is 0 Å². The van der Waals surface area contributed by atoms with Crippen LogP contribution in [0.1, 0.15) is 34.3 Å². The lowest BCUT2D eigenvalue weighted by Crippen LogP contribution is -2.45. The molecule has 0 saturated carbocycles. The zero-order chi connectivity index (χ0) is 15.2. The van der Waals surface area contributed by atoms with E-state index in [9.17, 15) is 9.59 Å². The highest BCUT2D eigenvalue weighted by Gasteiger charge is 2.24. The van der Waals surface area contributed by atoms with Crippen molar-refractivity contribution in [3.05, 3.63) is 21.9 Å². The number of rotatable bonds is 2. The highest BCUT2D eigenvalue weighted by Crippen LogP contribution is 2.20. The second-order valence-corrected chi connectivity index (χ2v) is 6.02. The summed E-state index contributed by atoms with van der Waals surface area (Å²) in [7, 11) is 0. The van der Waals surface area contributed by atoms with Gasteiger partial charge in [0.2, 0.25) is 5.91 Å².